The minimum atomic E-state index is -0.156. The zero-order valence-corrected chi connectivity index (χ0v) is 15.4. The van der Waals surface area contributed by atoms with E-state index in [0.717, 1.165) is 31.9 Å². The zero-order chi connectivity index (χ0) is 17.2. The molecule has 3 heteroatoms. The van der Waals surface area contributed by atoms with E-state index in [1.807, 2.05) is 12.1 Å². The van der Waals surface area contributed by atoms with Gasteiger partial charge in [-0.2, -0.15) is 0 Å². The van der Waals surface area contributed by atoms with Crippen LogP contribution in [0.3, 0.4) is 0 Å². The third kappa shape index (κ3) is 4.00. The van der Waals surface area contributed by atoms with Crippen molar-refractivity contribution in [2.45, 2.75) is 46.5 Å². The molecule has 0 unspecified atom stereocenters. The summed E-state index contributed by atoms with van der Waals surface area (Å²) in [7, 11) is 0. The monoisotopic (exact) mass is 330 g/mol. The summed E-state index contributed by atoms with van der Waals surface area (Å²) in [6.07, 6.45) is 5.18. The molecule has 1 fully saturated rings. The highest BCUT2D eigenvalue weighted by Crippen LogP contribution is 2.41. The molecule has 1 aromatic carbocycles. The average Bonchev–Trinajstić information content (AvgIpc) is 2.55. The number of allylic oxidation sites excluding steroid dienone is 1. The highest BCUT2D eigenvalue weighted by molar-refractivity contribution is 5.46. The van der Waals surface area contributed by atoms with E-state index in [4.69, 9.17) is 0 Å². The van der Waals surface area contributed by atoms with Crippen LogP contribution in [0.4, 0.5) is 10.1 Å². The van der Waals surface area contributed by atoms with Crippen molar-refractivity contribution in [3.63, 3.8) is 0 Å². The van der Waals surface area contributed by atoms with E-state index in [9.17, 15) is 4.39 Å². The summed E-state index contributed by atoms with van der Waals surface area (Å²) >= 11 is 0. The Hall–Kier alpha value is -1.35. The van der Waals surface area contributed by atoms with Gasteiger partial charge < -0.3 is 4.90 Å². The van der Waals surface area contributed by atoms with Gasteiger partial charge in [0.15, 0.2) is 0 Å². The van der Waals surface area contributed by atoms with Crippen molar-refractivity contribution in [2.75, 3.05) is 37.6 Å². The first kappa shape index (κ1) is 17.5. The van der Waals surface area contributed by atoms with Crippen LogP contribution in [0.15, 0.2) is 35.4 Å². The first-order chi connectivity index (χ1) is 11.5. The molecule has 132 valence electrons. The fourth-order valence-corrected chi connectivity index (χ4v) is 4.38. The molecule has 0 atom stereocenters. The summed E-state index contributed by atoms with van der Waals surface area (Å²) in [5, 5.41) is 0. The number of hydrogen-bond donors (Lipinski definition) is 0. The first-order valence-corrected chi connectivity index (χ1v) is 9.38. The maximum absolute atomic E-state index is 13.1. The molecule has 1 saturated heterocycles. The van der Waals surface area contributed by atoms with Crippen molar-refractivity contribution in [1.82, 2.24) is 4.90 Å². The number of halogens is 1. The Morgan fingerprint density at radius 3 is 2.33 bits per heavy atom. The summed E-state index contributed by atoms with van der Waals surface area (Å²) < 4.78 is 13.1. The van der Waals surface area contributed by atoms with Gasteiger partial charge in [-0.1, -0.05) is 25.0 Å². The van der Waals surface area contributed by atoms with Gasteiger partial charge in [0.1, 0.15) is 5.82 Å². The van der Waals surface area contributed by atoms with Crippen molar-refractivity contribution < 1.29 is 4.39 Å². The second-order valence-corrected chi connectivity index (χ2v) is 8.05. The molecule has 2 aliphatic rings. The highest BCUT2D eigenvalue weighted by atomic mass is 19.1. The molecule has 0 bridgehead atoms. The zero-order valence-electron chi connectivity index (χ0n) is 15.4. The lowest BCUT2D eigenvalue weighted by Gasteiger charge is -2.39. The van der Waals surface area contributed by atoms with Gasteiger partial charge in [0, 0.05) is 38.4 Å². The number of piperazine rings is 1. The molecule has 3 rings (SSSR count). The molecule has 0 saturated carbocycles. The molecule has 1 heterocycles. The number of benzene rings is 1. The van der Waals surface area contributed by atoms with Crippen LogP contribution in [0.25, 0.3) is 0 Å². The van der Waals surface area contributed by atoms with E-state index in [2.05, 4.69) is 30.6 Å². The predicted molar refractivity (Wildman–Crippen MR) is 100 cm³/mol. The van der Waals surface area contributed by atoms with Gasteiger partial charge >= 0.3 is 0 Å². The summed E-state index contributed by atoms with van der Waals surface area (Å²) in [5.41, 5.74) is 4.87. The van der Waals surface area contributed by atoms with Gasteiger partial charge in [-0.3, -0.25) is 4.90 Å². The van der Waals surface area contributed by atoms with E-state index in [1.165, 1.54) is 32.2 Å². The Morgan fingerprint density at radius 1 is 1.04 bits per heavy atom. The van der Waals surface area contributed by atoms with Crippen LogP contribution < -0.4 is 4.90 Å². The molecule has 1 aliphatic heterocycles. The van der Waals surface area contributed by atoms with Crippen LogP contribution in [0.1, 0.15) is 46.5 Å². The van der Waals surface area contributed by atoms with Crippen molar-refractivity contribution in [1.29, 1.82) is 0 Å². The fraction of sp³-hybridized carbons (Fsp3) is 0.619. The van der Waals surface area contributed by atoms with E-state index in [1.54, 1.807) is 23.3 Å². The van der Waals surface area contributed by atoms with Gasteiger partial charge in [-0.15, -0.1) is 0 Å². The minimum Gasteiger partial charge on any atom is -0.369 e. The predicted octanol–water partition coefficient (Wildman–Crippen LogP) is 4.86. The maximum atomic E-state index is 13.1. The van der Waals surface area contributed by atoms with Crippen molar-refractivity contribution in [2.24, 2.45) is 5.41 Å². The van der Waals surface area contributed by atoms with E-state index < -0.39 is 0 Å². The molecular weight excluding hydrogens is 299 g/mol. The van der Waals surface area contributed by atoms with Crippen LogP contribution in [0, 0.1) is 11.2 Å². The van der Waals surface area contributed by atoms with E-state index in [0.29, 0.717) is 5.41 Å². The quantitative estimate of drug-likeness (QED) is 0.727. The van der Waals surface area contributed by atoms with Crippen LogP contribution in [-0.4, -0.2) is 37.6 Å². The number of rotatable bonds is 4. The SMILES string of the molecule is CC1=C(CCN2CCN(c3ccc(F)cc3)CC2)C(C)(C)CCC1. The molecule has 0 radical (unpaired) electrons. The maximum Gasteiger partial charge on any atom is 0.123 e. The first-order valence-electron chi connectivity index (χ1n) is 9.38. The van der Waals surface area contributed by atoms with Crippen molar-refractivity contribution in [3.05, 3.63) is 41.2 Å². The van der Waals surface area contributed by atoms with Gasteiger partial charge in [-0.25, -0.2) is 4.39 Å². The summed E-state index contributed by atoms with van der Waals surface area (Å²) in [4.78, 5) is 4.95. The van der Waals surface area contributed by atoms with Crippen LogP contribution >= 0.6 is 0 Å². The van der Waals surface area contributed by atoms with Gasteiger partial charge in [0.2, 0.25) is 0 Å². The smallest absolute Gasteiger partial charge is 0.123 e. The highest BCUT2D eigenvalue weighted by Gasteiger charge is 2.28. The molecule has 24 heavy (non-hydrogen) atoms. The average molecular weight is 330 g/mol. The number of nitrogens with zero attached hydrogens (tertiary/aromatic N) is 2. The molecule has 1 aromatic rings. The third-order valence-corrected chi connectivity index (χ3v) is 5.93. The molecule has 0 amide bonds. The van der Waals surface area contributed by atoms with Crippen LogP contribution in [-0.2, 0) is 0 Å². The second kappa shape index (κ2) is 7.26. The summed E-state index contributed by atoms with van der Waals surface area (Å²) in [6.45, 7) is 12.6. The summed E-state index contributed by atoms with van der Waals surface area (Å²) in [5.74, 6) is -0.156. The fourth-order valence-electron chi connectivity index (χ4n) is 4.38. The van der Waals surface area contributed by atoms with E-state index >= 15 is 0 Å². The second-order valence-electron chi connectivity index (χ2n) is 8.05. The molecular formula is C21H31FN2. The minimum absolute atomic E-state index is 0.156. The third-order valence-electron chi connectivity index (χ3n) is 5.93. The molecule has 0 spiro atoms. The van der Waals surface area contributed by atoms with Crippen molar-refractivity contribution in [3.8, 4) is 0 Å². The van der Waals surface area contributed by atoms with Gasteiger partial charge in [0.25, 0.3) is 0 Å². The molecule has 1 aliphatic carbocycles. The Kier molecular flexibility index (Phi) is 5.29. The Balaban J connectivity index is 1.51. The summed E-state index contributed by atoms with van der Waals surface area (Å²) in [6, 6.07) is 6.90. The van der Waals surface area contributed by atoms with Crippen LogP contribution in [0.2, 0.25) is 0 Å². The Labute approximate surface area is 146 Å². The number of hydrogen-bond acceptors (Lipinski definition) is 2. The lowest BCUT2D eigenvalue weighted by atomic mass is 9.71. The van der Waals surface area contributed by atoms with Gasteiger partial charge in [-0.05, 0) is 62.3 Å². The Morgan fingerprint density at radius 2 is 1.71 bits per heavy atom. The largest absolute Gasteiger partial charge is 0.369 e. The van der Waals surface area contributed by atoms with Gasteiger partial charge in [0.05, 0.1) is 0 Å². The number of anilines is 1. The lowest BCUT2D eigenvalue weighted by Crippen LogP contribution is -2.46. The van der Waals surface area contributed by atoms with Crippen LogP contribution in [0.5, 0.6) is 0 Å². The molecule has 0 N–H and O–H groups in total. The topological polar surface area (TPSA) is 6.48 Å². The Bertz CT molecular complexity index is 580. The van der Waals surface area contributed by atoms with E-state index in [-0.39, 0.29) is 5.82 Å². The lowest BCUT2D eigenvalue weighted by molar-refractivity contribution is 0.249. The van der Waals surface area contributed by atoms with Crippen molar-refractivity contribution >= 4 is 5.69 Å². The molecule has 2 nitrogen and oxygen atoms in total. The standard InChI is InChI=1S/C21H31FN2/c1-17-5-4-11-21(2,3)20(17)10-12-23-13-15-24(16-14-23)19-8-6-18(22)7-9-19/h6-9H,4-5,10-16H2,1-3H3. The molecule has 0 aromatic heterocycles. The normalized spacial score (nSPS) is 22.1.